The van der Waals surface area contributed by atoms with E-state index in [0.717, 1.165) is 54.7 Å². The Labute approximate surface area is 176 Å². The number of nitrogens with one attached hydrogen (secondary N) is 1. The first-order chi connectivity index (χ1) is 13.4. The van der Waals surface area contributed by atoms with Crippen LogP contribution in [0.15, 0.2) is 0 Å². The van der Waals surface area contributed by atoms with Gasteiger partial charge in [0.25, 0.3) is 0 Å². The molecule has 1 aliphatic heterocycles. The Hall–Kier alpha value is -0.790. The lowest BCUT2D eigenvalue weighted by Crippen LogP contribution is -2.54. The molecule has 7 heteroatoms. The van der Waals surface area contributed by atoms with Gasteiger partial charge in [-0.25, -0.2) is 4.98 Å². The quantitative estimate of drug-likeness (QED) is 0.780. The molecule has 0 bridgehead atoms. The van der Waals surface area contributed by atoms with Crippen LogP contribution in [0.5, 0.6) is 0 Å². The van der Waals surface area contributed by atoms with E-state index in [2.05, 4.69) is 19.2 Å². The van der Waals surface area contributed by atoms with Gasteiger partial charge in [-0.3, -0.25) is 4.79 Å². The molecule has 28 heavy (non-hydrogen) atoms. The molecule has 1 saturated heterocycles. The Balaban J connectivity index is 1.56. The number of thioether (sulfide) groups is 1. The maximum absolute atomic E-state index is 13.1. The minimum Gasteiger partial charge on any atom is -0.392 e. The number of thiazole rings is 1. The highest BCUT2D eigenvalue weighted by Gasteiger charge is 2.54. The molecule has 2 aliphatic carbocycles. The van der Waals surface area contributed by atoms with E-state index in [1.807, 2.05) is 30.6 Å². The van der Waals surface area contributed by atoms with E-state index >= 15 is 0 Å². The first-order valence-corrected chi connectivity index (χ1v) is 12.5. The van der Waals surface area contributed by atoms with Crippen molar-refractivity contribution in [1.82, 2.24) is 9.88 Å². The van der Waals surface area contributed by atoms with Gasteiger partial charge in [0.1, 0.15) is 0 Å². The minimum absolute atomic E-state index is 0.0477. The molecule has 1 saturated carbocycles. The number of hydrogen-bond acceptors (Lipinski definition) is 6. The van der Waals surface area contributed by atoms with Crippen LogP contribution < -0.4 is 5.32 Å². The summed E-state index contributed by atoms with van der Waals surface area (Å²) in [6.45, 7) is 8.30. The highest BCUT2D eigenvalue weighted by atomic mass is 32.2. The molecule has 156 valence electrons. The number of hydrogen-bond donors (Lipinski definition) is 2. The number of fused-ring (bicyclic) bond motifs is 2. The lowest BCUT2D eigenvalue weighted by molar-refractivity contribution is -0.144. The number of aliphatic hydroxyl groups is 1. The predicted molar refractivity (Wildman–Crippen MR) is 117 cm³/mol. The van der Waals surface area contributed by atoms with Gasteiger partial charge in [0.15, 0.2) is 5.13 Å². The van der Waals surface area contributed by atoms with Crippen molar-refractivity contribution < 1.29 is 9.90 Å². The first kappa shape index (κ1) is 20.5. The molecule has 2 N–H and O–H groups in total. The lowest BCUT2D eigenvalue weighted by atomic mass is 9.53. The summed E-state index contributed by atoms with van der Waals surface area (Å²) in [4.78, 5) is 21.3. The summed E-state index contributed by atoms with van der Waals surface area (Å²) in [7, 11) is 1.92. The maximum Gasteiger partial charge on any atom is 0.225 e. The number of aromatic nitrogens is 1. The van der Waals surface area contributed by atoms with Crippen molar-refractivity contribution in [3.8, 4) is 0 Å². The van der Waals surface area contributed by atoms with Gasteiger partial charge in [0.05, 0.1) is 11.8 Å². The zero-order valence-electron chi connectivity index (χ0n) is 17.4. The molecule has 0 aromatic carbocycles. The van der Waals surface area contributed by atoms with Crippen LogP contribution in [-0.4, -0.2) is 58.6 Å². The zero-order chi connectivity index (χ0) is 20.1. The predicted octanol–water partition coefficient (Wildman–Crippen LogP) is 3.45. The average molecular weight is 424 g/mol. The number of nitrogens with zero attached hydrogens (tertiary/aromatic N) is 2. The summed E-state index contributed by atoms with van der Waals surface area (Å²) in [5.41, 5.74) is 1.24. The number of amides is 1. The van der Waals surface area contributed by atoms with Crippen LogP contribution in [0.3, 0.4) is 0 Å². The van der Waals surface area contributed by atoms with Crippen LogP contribution in [0.2, 0.25) is 0 Å². The fourth-order valence-corrected chi connectivity index (χ4v) is 8.03. The van der Waals surface area contributed by atoms with Gasteiger partial charge < -0.3 is 15.3 Å². The normalized spacial score (nSPS) is 36.4. The number of carbonyl (C=O) groups is 1. The topological polar surface area (TPSA) is 65.5 Å². The molecule has 1 aromatic rings. The molecule has 4 rings (SSSR count). The van der Waals surface area contributed by atoms with E-state index in [0.29, 0.717) is 0 Å². The second-order valence-corrected chi connectivity index (χ2v) is 11.5. The molecule has 0 unspecified atom stereocenters. The van der Waals surface area contributed by atoms with Gasteiger partial charge in [-0.2, -0.15) is 11.8 Å². The third kappa shape index (κ3) is 3.37. The third-order valence-corrected chi connectivity index (χ3v) is 9.52. The van der Waals surface area contributed by atoms with Gasteiger partial charge in [-0.05, 0) is 36.5 Å². The molecule has 6 atom stereocenters. The van der Waals surface area contributed by atoms with Crippen molar-refractivity contribution in [2.45, 2.75) is 52.1 Å². The Morgan fingerprint density at radius 3 is 2.79 bits per heavy atom. The Kier molecular flexibility index (Phi) is 5.71. The largest absolute Gasteiger partial charge is 0.392 e. The molecule has 5 nitrogen and oxygen atoms in total. The molecule has 3 aliphatic rings. The minimum atomic E-state index is -0.445. The van der Waals surface area contributed by atoms with Crippen molar-refractivity contribution in [2.75, 3.05) is 37.0 Å². The molecule has 2 heterocycles. The van der Waals surface area contributed by atoms with Crippen LogP contribution in [0, 0.1) is 23.2 Å². The van der Waals surface area contributed by atoms with Gasteiger partial charge in [0.2, 0.25) is 5.91 Å². The smallest absolute Gasteiger partial charge is 0.225 e. The van der Waals surface area contributed by atoms with Crippen LogP contribution in [0.4, 0.5) is 5.13 Å². The first-order valence-electron chi connectivity index (χ1n) is 10.6. The van der Waals surface area contributed by atoms with Crippen LogP contribution >= 0.6 is 23.1 Å². The van der Waals surface area contributed by atoms with Crippen molar-refractivity contribution in [2.24, 2.45) is 23.2 Å². The fourth-order valence-electron chi connectivity index (χ4n) is 5.91. The summed E-state index contributed by atoms with van der Waals surface area (Å²) in [5, 5.41) is 15.6. The molecule has 1 amide bonds. The molecule has 0 spiro atoms. The third-order valence-electron chi connectivity index (χ3n) is 7.49. The number of carbonyl (C=O) groups excluding carboxylic acids is 1. The highest BCUT2D eigenvalue weighted by Crippen LogP contribution is 2.57. The Morgan fingerprint density at radius 1 is 1.39 bits per heavy atom. The van der Waals surface area contributed by atoms with Crippen molar-refractivity contribution in [3.63, 3.8) is 0 Å². The molecule has 0 radical (unpaired) electrons. The second-order valence-electron chi connectivity index (χ2n) is 9.14. The van der Waals surface area contributed by atoms with Crippen LogP contribution in [0.1, 0.15) is 50.1 Å². The summed E-state index contributed by atoms with van der Waals surface area (Å²) in [5.74, 6) is 2.62. The van der Waals surface area contributed by atoms with Crippen LogP contribution in [0.25, 0.3) is 0 Å². The van der Waals surface area contributed by atoms with Crippen molar-refractivity contribution in [3.05, 3.63) is 10.6 Å². The van der Waals surface area contributed by atoms with Crippen LogP contribution in [-0.2, 0) is 11.2 Å². The fraction of sp³-hybridized carbons (Fsp3) is 0.810. The maximum atomic E-state index is 13.1. The molecule has 2 fully saturated rings. The number of rotatable bonds is 3. The monoisotopic (exact) mass is 423 g/mol. The lowest BCUT2D eigenvalue weighted by Gasteiger charge is -2.53. The van der Waals surface area contributed by atoms with Crippen molar-refractivity contribution in [1.29, 1.82) is 0 Å². The Bertz CT molecular complexity index is 733. The van der Waals surface area contributed by atoms with E-state index in [-0.39, 0.29) is 35.0 Å². The molecular formula is C21H33N3O2S2. The summed E-state index contributed by atoms with van der Waals surface area (Å²) < 4.78 is 0. The highest BCUT2D eigenvalue weighted by molar-refractivity contribution is 7.99. The van der Waals surface area contributed by atoms with Gasteiger partial charge in [-0.1, -0.05) is 20.8 Å². The van der Waals surface area contributed by atoms with Gasteiger partial charge in [-0.15, -0.1) is 11.3 Å². The van der Waals surface area contributed by atoms with E-state index in [1.165, 1.54) is 4.88 Å². The number of aliphatic hydroxyl groups excluding tert-OH is 1. The standard InChI is InChI=1S/C21H33N3O2S2/c1-12(19(26)24-7-9-27-10-8-24)14-5-6-21(3)11-15-17(23-20(22-4)28-15)13(2)16(21)18(14)25/h12-14,16,18,25H,5-11H2,1-4H3,(H,22,23)/t12-,13-,14+,16+,18-,21-/m0/s1. The van der Waals surface area contributed by atoms with E-state index in [9.17, 15) is 9.90 Å². The summed E-state index contributed by atoms with van der Waals surface area (Å²) in [6, 6.07) is 0. The van der Waals surface area contributed by atoms with Gasteiger partial charge >= 0.3 is 0 Å². The number of anilines is 1. The SMILES string of the molecule is CNc1nc2c(s1)C[C@]1(C)CC[C@H]([C@H](C)C(=O)N3CCSCC3)[C@H](O)[C@H]1[C@@H]2C. The summed E-state index contributed by atoms with van der Waals surface area (Å²) in [6.07, 6.45) is 2.55. The second kappa shape index (κ2) is 7.80. The summed E-state index contributed by atoms with van der Waals surface area (Å²) >= 11 is 3.68. The van der Waals surface area contributed by atoms with Crippen molar-refractivity contribution >= 4 is 34.1 Å². The van der Waals surface area contributed by atoms with E-state index in [4.69, 9.17) is 4.98 Å². The molecular weight excluding hydrogens is 390 g/mol. The van der Waals surface area contributed by atoms with Gasteiger partial charge in [0, 0.05) is 48.4 Å². The average Bonchev–Trinajstić information content (AvgIpc) is 3.10. The van der Waals surface area contributed by atoms with E-state index in [1.54, 1.807) is 11.3 Å². The van der Waals surface area contributed by atoms with E-state index < -0.39 is 6.10 Å². The zero-order valence-corrected chi connectivity index (χ0v) is 19.0. The molecule has 1 aromatic heterocycles. The Morgan fingerprint density at radius 2 is 2.11 bits per heavy atom.